The van der Waals surface area contributed by atoms with Crippen molar-refractivity contribution in [2.75, 3.05) is 6.61 Å². The number of aryl methyl sites for hydroxylation is 3. The average molecular weight is 391 g/mol. The summed E-state index contributed by atoms with van der Waals surface area (Å²) in [6.07, 6.45) is 1.63. The Morgan fingerprint density at radius 1 is 1.04 bits per heavy atom. The van der Waals surface area contributed by atoms with Gasteiger partial charge in [-0.25, -0.2) is 4.98 Å². The van der Waals surface area contributed by atoms with Crippen LogP contribution >= 0.6 is 11.3 Å². The maximum atomic E-state index is 13.2. The first-order valence-electron chi connectivity index (χ1n) is 9.28. The highest BCUT2D eigenvalue weighted by atomic mass is 32.1. The van der Waals surface area contributed by atoms with Gasteiger partial charge in [-0.3, -0.25) is 9.36 Å². The molecule has 0 spiro atoms. The number of rotatable bonds is 5. The highest BCUT2D eigenvalue weighted by molar-refractivity contribution is 7.19. The van der Waals surface area contributed by atoms with Crippen molar-refractivity contribution in [2.24, 2.45) is 0 Å². The molecular weight excluding hydrogens is 368 g/mol. The second-order valence-electron chi connectivity index (χ2n) is 6.99. The van der Waals surface area contributed by atoms with E-state index in [1.165, 1.54) is 0 Å². The van der Waals surface area contributed by atoms with Gasteiger partial charge in [0.15, 0.2) is 0 Å². The third kappa shape index (κ3) is 3.58. The van der Waals surface area contributed by atoms with Crippen molar-refractivity contribution in [3.05, 3.63) is 81.2 Å². The predicted octanol–water partition coefficient (Wildman–Crippen LogP) is 5.13. The van der Waals surface area contributed by atoms with Crippen molar-refractivity contribution in [3.63, 3.8) is 0 Å². The van der Waals surface area contributed by atoms with Gasteiger partial charge in [0, 0.05) is 10.4 Å². The van der Waals surface area contributed by atoms with E-state index in [0.717, 1.165) is 37.7 Å². The number of benzene rings is 2. The molecule has 4 aromatic rings. The van der Waals surface area contributed by atoms with Crippen LogP contribution in [0.5, 0.6) is 5.75 Å². The molecule has 5 heteroatoms. The van der Waals surface area contributed by atoms with Gasteiger partial charge in [0.2, 0.25) is 0 Å². The first-order valence-corrected chi connectivity index (χ1v) is 10.1. The van der Waals surface area contributed by atoms with E-state index in [-0.39, 0.29) is 5.56 Å². The third-order valence-corrected chi connectivity index (χ3v) is 5.73. The molecule has 142 valence electrons. The Morgan fingerprint density at radius 3 is 2.46 bits per heavy atom. The van der Waals surface area contributed by atoms with Gasteiger partial charge < -0.3 is 4.74 Å². The smallest absolute Gasteiger partial charge is 0.262 e. The SMILES string of the molecule is Cc1cc(C)cc(OCCn2cnc3sc(C)c(-c4ccccc4)c3c2=O)c1. The molecule has 0 saturated carbocycles. The molecular formula is C23H22N2O2S. The van der Waals surface area contributed by atoms with Gasteiger partial charge in [0.05, 0.1) is 18.3 Å². The first-order chi connectivity index (χ1) is 13.5. The van der Waals surface area contributed by atoms with Crippen LogP contribution < -0.4 is 10.3 Å². The van der Waals surface area contributed by atoms with Gasteiger partial charge in [-0.1, -0.05) is 36.4 Å². The molecule has 0 amide bonds. The Kier molecular flexibility index (Phi) is 5.01. The Hall–Kier alpha value is -2.92. The molecule has 2 aromatic carbocycles. The summed E-state index contributed by atoms with van der Waals surface area (Å²) in [4.78, 5) is 19.6. The van der Waals surface area contributed by atoms with E-state index in [1.54, 1.807) is 22.2 Å². The number of hydrogen-bond acceptors (Lipinski definition) is 4. The van der Waals surface area contributed by atoms with Crippen molar-refractivity contribution < 1.29 is 4.74 Å². The zero-order chi connectivity index (χ0) is 19.7. The number of hydrogen-bond donors (Lipinski definition) is 0. The van der Waals surface area contributed by atoms with Gasteiger partial charge in [-0.15, -0.1) is 11.3 Å². The summed E-state index contributed by atoms with van der Waals surface area (Å²) < 4.78 is 7.52. The summed E-state index contributed by atoms with van der Waals surface area (Å²) in [5.74, 6) is 0.830. The Labute approximate surface area is 168 Å². The predicted molar refractivity (Wildman–Crippen MR) is 115 cm³/mol. The fourth-order valence-corrected chi connectivity index (χ4v) is 4.53. The summed E-state index contributed by atoms with van der Waals surface area (Å²) in [6, 6.07) is 16.2. The molecule has 0 unspecified atom stereocenters. The van der Waals surface area contributed by atoms with Crippen molar-refractivity contribution in [3.8, 4) is 16.9 Å². The van der Waals surface area contributed by atoms with Gasteiger partial charge in [0.1, 0.15) is 17.2 Å². The number of thiophene rings is 1. The second-order valence-corrected chi connectivity index (χ2v) is 8.20. The minimum Gasteiger partial charge on any atom is -0.492 e. The van der Waals surface area contributed by atoms with E-state index in [2.05, 4.69) is 11.1 Å². The van der Waals surface area contributed by atoms with Crippen LogP contribution in [0.1, 0.15) is 16.0 Å². The fraction of sp³-hybridized carbons (Fsp3) is 0.217. The molecule has 2 heterocycles. The van der Waals surface area contributed by atoms with Crippen LogP contribution in [0.25, 0.3) is 21.3 Å². The lowest BCUT2D eigenvalue weighted by molar-refractivity contribution is 0.295. The highest BCUT2D eigenvalue weighted by Crippen LogP contribution is 2.35. The van der Waals surface area contributed by atoms with E-state index in [9.17, 15) is 4.79 Å². The largest absolute Gasteiger partial charge is 0.492 e. The van der Waals surface area contributed by atoms with Crippen LogP contribution in [0.3, 0.4) is 0 Å². The van der Waals surface area contributed by atoms with Crippen LogP contribution in [0.4, 0.5) is 0 Å². The molecule has 0 N–H and O–H groups in total. The lowest BCUT2D eigenvalue weighted by Crippen LogP contribution is -2.23. The monoisotopic (exact) mass is 390 g/mol. The second kappa shape index (κ2) is 7.60. The van der Waals surface area contributed by atoms with Gasteiger partial charge in [-0.05, 0) is 49.6 Å². The number of nitrogens with zero attached hydrogens (tertiary/aromatic N) is 2. The van der Waals surface area contributed by atoms with Gasteiger partial charge in [0.25, 0.3) is 5.56 Å². The summed E-state index contributed by atoms with van der Waals surface area (Å²) in [6.45, 7) is 7.01. The summed E-state index contributed by atoms with van der Waals surface area (Å²) in [5, 5.41) is 0.697. The highest BCUT2D eigenvalue weighted by Gasteiger charge is 2.16. The van der Waals surface area contributed by atoms with E-state index in [0.29, 0.717) is 18.5 Å². The Bertz CT molecular complexity index is 1170. The van der Waals surface area contributed by atoms with Crippen LogP contribution in [-0.2, 0) is 6.54 Å². The number of fused-ring (bicyclic) bond motifs is 1. The van der Waals surface area contributed by atoms with Crippen LogP contribution in [0, 0.1) is 20.8 Å². The quantitative estimate of drug-likeness (QED) is 0.474. The van der Waals surface area contributed by atoms with E-state index in [1.807, 2.05) is 63.2 Å². The Morgan fingerprint density at radius 2 is 1.75 bits per heavy atom. The van der Waals surface area contributed by atoms with Crippen molar-refractivity contribution in [2.45, 2.75) is 27.3 Å². The third-order valence-electron chi connectivity index (χ3n) is 4.71. The molecule has 0 atom stereocenters. The summed E-state index contributed by atoms with van der Waals surface area (Å²) in [7, 11) is 0. The van der Waals surface area contributed by atoms with Crippen LogP contribution in [0.15, 0.2) is 59.7 Å². The maximum Gasteiger partial charge on any atom is 0.262 e. The zero-order valence-electron chi connectivity index (χ0n) is 16.2. The average Bonchev–Trinajstić information content (AvgIpc) is 3.00. The normalized spacial score (nSPS) is 11.1. The zero-order valence-corrected chi connectivity index (χ0v) is 17.0. The number of ether oxygens (including phenoxy) is 1. The van der Waals surface area contributed by atoms with E-state index < -0.39 is 0 Å². The van der Waals surface area contributed by atoms with Crippen molar-refractivity contribution in [1.29, 1.82) is 0 Å². The summed E-state index contributed by atoms with van der Waals surface area (Å²) >= 11 is 1.56. The standard InChI is InChI=1S/C23H22N2O2S/c1-15-11-16(2)13-19(12-15)27-10-9-25-14-24-22-21(23(25)26)20(17(3)28-22)18-7-5-4-6-8-18/h4-8,11-14H,9-10H2,1-3H3. The minimum atomic E-state index is -0.0165. The molecule has 2 aromatic heterocycles. The molecule has 4 rings (SSSR count). The Balaban J connectivity index is 1.63. The molecule has 0 aliphatic carbocycles. The molecule has 0 aliphatic rings. The maximum absolute atomic E-state index is 13.2. The van der Waals surface area contributed by atoms with E-state index in [4.69, 9.17) is 4.74 Å². The topological polar surface area (TPSA) is 44.1 Å². The lowest BCUT2D eigenvalue weighted by atomic mass is 10.0. The molecule has 0 bridgehead atoms. The van der Waals surface area contributed by atoms with Crippen molar-refractivity contribution >= 4 is 21.6 Å². The van der Waals surface area contributed by atoms with Gasteiger partial charge >= 0.3 is 0 Å². The molecule has 28 heavy (non-hydrogen) atoms. The van der Waals surface area contributed by atoms with E-state index >= 15 is 0 Å². The summed E-state index contributed by atoms with van der Waals surface area (Å²) in [5.41, 5.74) is 4.35. The fourth-order valence-electron chi connectivity index (χ4n) is 3.53. The molecule has 0 aliphatic heterocycles. The first kappa shape index (κ1) is 18.4. The van der Waals surface area contributed by atoms with Crippen LogP contribution in [-0.4, -0.2) is 16.2 Å². The molecule has 0 saturated heterocycles. The molecule has 4 nitrogen and oxygen atoms in total. The van der Waals surface area contributed by atoms with Gasteiger partial charge in [-0.2, -0.15) is 0 Å². The molecule has 0 fully saturated rings. The van der Waals surface area contributed by atoms with Crippen molar-refractivity contribution in [1.82, 2.24) is 9.55 Å². The lowest BCUT2D eigenvalue weighted by Gasteiger charge is -2.10. The minimum absolute atomic E-state index is 0.0165. The number of aromatic nitrogens is 2. The van der Waals surface area contributed by atoms with Crippen LogP contribution in [0.2, 0.25) is 0 Å². The molecule has 0 radical (unpaired) electrons.